The minimum atomic E-state index is -0.0489. The number of carbonyl (C=O) groups is 1. The third kappa shape index (κ3) is 3.11. The van der Waals surface area contributed by atoms with Gasteiger partial charge in [-0.15, -0.1) is 11.3 Å². The number of hydrogen-bond acceptors (Lipinski definition) is 3. The molecule has 1 aromatic heterocycles. The highest BCUT2D eigenvalue weighted by Crippen LogP contribution is 2.23. The number of nitrogens with one attached hydrogen (secondary N) is 1. The molecule has 0 aliphatic heterocycles. The van der Waals surface area contributed by atoms with Crippen molar-refractivity contribution in [3.63, 3.8) is 0 Å². The largest absolute Gasteiger partial charge is 0.348 e. The van der Waals surface area contributed by atoms with Gasteiger partial charge >= 0.3 is 0 Å². The first-order chi connectivity index (χ1) is 10.3. The monoisotopic (exact) mass is 296 g/mol. The van der Waals surface area contributed by atoms with E-state index in [1.165, 1.54) is 0 Å². The van der Waals surface area contributed by atoms with Crippen LogP contribution in [0.5, 0.6) is 0 Å². The molecule has 3 rings (SSSR count). The number of nitrogens with zero attached hydrogens (tertiary/aromatic N) is 1. The molecule has 0 radical (unpaired) electrons. The molecule has 0 saturated heterocycles. The van der Waals surface area contributed by atoms with E-state index in [2.05, 4.69) is 17.2 Å². The fraction of sp³-hybridized carbons (Fsp3) is 0.176. The Morgan fingerprint density at radius 3 is 2.76 bits per heavy atom. The Kier molecular flexibility index (Phi) is 3.97. The highest BCUT2D eigenvalue weighted by Gasteiger charge is 2.08. The van der Waals surface area contributed by atoms with Gasteiger partial charge in [-0.25, -0.2) is 4.98 Å². The number of amides is 1. The van der Waals surface area contributed by atoms with E-state index in [0.29, 0.717) is 12.1 Å². The van der Waals surface area contributed by atoms with Crippen LogP contribution in [-0.2, 0) is 13.0 Å². The summed E-state index contributed by atoms with van der Waals surface area (Å²) < 4.78 is 1.07. The Bertz CT molecular complexity index is 765. The Labute approximate surface area is 127 Å². The Morgan fingerprint density at radius 1 is 1.19 bits per heavy atom. The average Bonchev–Trinajstić information content (AvgIpc) is 2.95. The summed E-state index contributed by atoms with van der Waals surface area (Å²) in [6.45, 7) is 2.63. The summed E-state index contributed by atoms with van der Waals surface area (Å²) in [5.41, 5.74) is 2.75. The first kappa shape index (κ1) is 13.8. The molecule has 4 heteroatoms. The van der Waals surface area contributed by atoms with Crippen LogP contribution in [0.15, 0.2) is 48.5 Å². The van der Waals surface area contributed by atoms with Crippen molar-refractivity contribution in [2.75, 3.05) is 0 Å². The van der Waals surface area contributed by atoms with Crippen LogP contribution in [0.2, 0.25) is 0 Å². The number of aromatic nitrogens is 1. The minimum Gasteiger partial charge on any atom is -0.348 e. The van der Waals surface area contributed by atoms with Gasteiger partial charge in [-0.3, -0.25) is 4.79 Å². The van der Waals surface area contributed by atoms with Gasteiger partial charge in [-0.1, -0.05) is 37.3 Å². The van der Waals surface area contributed by atoms with Crippen LogP contribution < -0.4 is 5.32 Å². The maximum absolute atomic E-state index is 12.2. The number of benzene rings is 2. The molecule has 1 heterocycles. The van der Waals surface area contributed by atoms with Gasteiger partial charge in [0.25, 0.3) is 5.91 Å². The molecule has 3 nitrogen and oxygen atoms in total. The van der Waals surface area contributed by atoms with Gasteiger partial charge in [-0.05, 0) is 30.2 Å². The summed E-state index contributed by atoms with van der Waals surface area (Å²) >= 11 is 1.65. The van der Waals surface area contributed by atoms with Crippen molar-refractivity contribution in [2.45, 2.75) is 19.9 Å². The van der Waals surface area contributed by atoms with E-state index in [0.717, 1.165) is 27.2 Å². The van der Waals surface area contributed by atoms with E-state index in [9.17, 15) is 4.79 Å². The maximum Gasteiger partial charge on any atom is 0.251 e. The summed E-state index contributed by atoms with van der Waals surface area (Å²) in [6.07, 6.45) is 0.925. The zero-order chi connectivity index (χ0) is 14.7. The average molecular weight is 296 g/mol. The number of thiazole rings is 1. The molecule has 0 atom stereocenters. The van der Waals surface area contributed by atoms with Crippen molar-refractivity contribution < 1.29 is 4.79 Å². The van der Waals surface area contributed by atoms with Gasteiger partial charge in [0.15, 0.2) is 0 Å². The number of hydrogen-bond donors (Lipinski definition) is 1. The van der Waals surface area contributed by atoms with Crippen LogP contribution in [0.3, 0.4) is 0 Å². The lowest BCUT2D eigenvalue weighted by atomic mass is 10.2. The fourth-order valence-electron chi connectivity index (χ4n) is 2.15. The highest BCUT2D eigenvalue weighted by molar-refractivity contribution is 7.18. The van der Waals surface area contributed by atoms with Crippen molar-refractivity contribution in [2.24, 2.45) is 0 Å². The van der Waals surface area contributed by atoms with Gasteiger partial charge in [0, 0.05) is 12.1 Å². The Morgan fingerprint density at radius 2 is 2.00 bits per heavy atom. The zero-order valence-corrected chi connectivity index (χ0v) is 12.6. The topological polar surface area (TPSA) is 42.0 Å². The molecule has 106 valence electrons. The number of fused-ring (bicyclic) bond motifs is 1. The van der Waals surface area contributed by atoms with Gasteiger partial charge < -0.3 is 5.32 Å². The van der Waals surface area contributed by atoms with Crippen molar-refractivity contribution >= 4 is 27.5 Å². The second kappa shape index (κ2) is 6.06. The predicted molar refractivity (Wildman–Crippen MR) is 86.6 cm³/mol. The van der Waals surface area contributed by atoms with Gasteiger partial charge in [0.2, 0.25) is 0 Å². The smallest absolute Gasteiger partial charge is 0.251 e. The summed E-state index contributed by atoms with van der Waals surface area (Å²) in [5.74, 6) is -0.0489. The lowest BCUT2D eigenvalue weighted by molar-refractivity contribution is 0.0951. The quantitative estimate of drug-likeness (QED) is 0.796. The normalized spacial score (nSPS) is 10.7. The molecular formula is C17H16N2OS. The standard InChI is InChI=1S/C17H16N2OS/c1-2-16-19-14-9-8-13(10-15(14)21-16)17(20)18-11-12-6-4-3-5-7-12/h3-10H,2,11H2,1H3,(H,18,20). The van der Waals surface area contributed by atoms with Crippen LogP contribution >= 0.6 is 11.3 Å². The number of rotatable bonds is 4. The van der Waals surface area contributed by atoms with E-state index in [-0.39, 0.29) is 5.91 Å². The van der Waals surface area contributed by atoms with E-state index < -0.39 is 0 Å². The molecule has 3 aromatic rings. The van der Waals surface area contributed by atoms with Crippen LogP contribution in [0.1, 0.15) is 27.9 Å². The number of carbonyl (C=O) groups excluding carboxylic acids is 1. The summed E-state index contributed by atoms with van der Waals surface area (Å²) in [6, 6.07) is 15.6. The SMILES string of the molecule is CCc1nc2ccc(C(=O)NCc3ccccc3)cc2s1. The first-order valence-corrected chi connectivity index (χ1v) is 7.79. The predicted octanol–water partition coefficient (Wildman–Crippen LogP) is 3.79. The molecule has 1 N–H and O–H groups in total. The maximum atomic E-state index is 12.2. The van der Waals surface area contributed by atoms with Crippen molar-refractivity contribution in [1.82, 2.24) is 10.3 Å². The third-order valence-corrected chi connectivity index (χ3v) is 4.46. The Hall–Kier alpha value is -2.20. The molecular weight excluding hydrogens is 280 g/mol. The molecule has 0 saturated carbocycles. The molecule has 2 aromatic carbocycles. The van der Waals surface area contributed by atoms with E-state index in [4.69, 9.17) is 0 Å². The van der Waals surface area contributed by atoms with Crippen molar-refractivity contribution in [3.8, 4) is 0 Å². The molecule has 1 amide bonds. The second-order valence-electron chi connectivity index (χ2n) is 4.81. The molecule has 0 aliphatic carbocycles. The molecule has 0 unspecified atom stereocenters. The van der Waals surface area contributed by atoms with E-state index >= 15 is 0 Å². The molecule has 21 heavy (non-hydrogen) atoms. The van der Waals surface area contributed by atoms with Crippen molar-refractivity contribution in [1.29, 1.82) is 0 Å². The van der Waals surface area contributed by atoms with Gasteiger partial charge in [-0.2, -0.15) is 0 Å². The van der Waals surface area contributed by atoms with Crippen molar-refractivity contribution in [3.05, 3.63) is 64.7 Å². The van der Waals surface area contributed by atoms with Crippen LogP contribution in [0.25, 0.3) is 10.2 Å². The Balaban J connectivity index is 1.75. The van der Waals surface area contributed by atoms with Gasteiger partial charge in [0.05, 0.1) is 15.2 Å². The first-order valence-electron chi connectivity index (χ1n) is 6.98. The lowest BCUT2D eigenvalue weighted by Crippen LogP contribution is -2.22. The summed E-state index contributed by atoms with van der Waals surface area (Å²) in [7, 11) is 0. The molecule has 0 fully saturated rings. The molecule has 0 bridgehead atoms. The molecule has 0 spiro atoms. The number of aryl methyl sites for hydroxylation is 1. The van der Waals surface area contributed by atoms with E-state index in [1.807, 2.05) is 48.5 Å². The summed E-state index contributed by atoms with van der Waals surface area (Å²) in [5, 5.41) is 4.05. The highest BCUT2D eigenvalue weighted by atomic mass is 32.1. The third-order valence-electron chi connectivity index (χ3n) is 3.29. The zero-order valence-electron chi connectivity index (χ0n) is 11.8. The summed E-state index contributed by atoms with van der Waals surface area (Å²) in [4.78, 5) is 16.7. The van der Waals surface area contributed by atoms with E-state index in [1.54, 1.807) is 11.3 Å². The molecule has 0 aliphatic rings. The van der Waals surface area contributed by atoms with Gasteiger partial charge in [0.1, 0.15) is 0 Å². The van der Waals surface area contributed by atoms with Crippen LogP contribution in [-0.4, -0.2) is 10.9 Å². The fourth-order valence-corrected chi connectivity index (χ4v) is 3.09. The van der Waals surface area contributed by atoms with Crippen LogP contribution in [0.4, 0.5) is 0 Å². The minimum absolute atomic E-state index is 0.0489. The lowest BCUT2D eigenvalue weighted by Gasteiger charge is -2.05. The second-order valence-corrected chi connectivity index (χ2v) is 5.93. The van der Waals surface area contributed by atoms with Crippen LogP contribution in [0, 0.1) is 0 Å².